The molecule has 4 aromatic rings. The third-order valence-electron chi connectivity index (χ3n) is 5.34. The normalized spacial score (nSPS) is 14.1. The lowest BCUT2D eigenvalue weighted by Gasteiger charge is -2.12. The molecular weight excluding hydrogens is 450 g/mol. The van der Waals surface area contributed by atoms with Gasteiger partial charge in [-0.1, -0.05) is 23.7 Å². The van der Waals surface area contributed by atoms with Crippen molar-refractivity contribution in [1.82, 2.24) is 9.97 Å². The number of rotatable bonds is 5. The fourth-order valence-corrected chi connectivity index (χ4v) is 5.06. The number of nitrogens with one attached hydrogen (secondary N) is 1. The van der Waals surface area contributed by atoms with E-state index >= 15 is 0 Å². The van der Waals surface area contributed by atoms with Crippen molar-refractivity contribution in [3.05, 3.63) is 58.9 Å². The van der Waals surface area contributed by atoms with E-state index in [1.54, 1.807) is 25.1 Å². The average Bonchev–Trinajstić information content (AvgIpc) is 3.49. The number of nitrogens with zero attached hydrogens (tertiary/aromatic N) is 2. The highest BCUT2D eigenvalue weighted by molar-refractivity contribution is 7.92. The number of nitrogen functional groups attached to an aromatic ring is 2. The van der Waals surface area contributed by atoms with Crippen LogP contribution in [0.4, 0.5) is 17.2 Å². The topological polar surface area (TPSA) is 137 Å². The number of nitrogens with two attached hydrogens (primary N) is 2. The number of halogens is 1. The predicted octanol–water partition coefficient (Wildman–Crippen LogP) is 4.69. The van der Waals surface area contributed by atoms with Crippen LogP contribution in [0.1, 0.15) is 30.2 Å². The fraction of sp³-hybridized carbons (Fsp3) is 0.182. The number of oxazole rings is 1. The Labute approximate surface area is 189 Å². The summed E-state index contributed by atoms with van der Waals surface area (Å²) in [5.41, 5.74) is 15.4. The number of benzene rings is 2. The Bertz CT molecular complexity index is 1480. The number of fused-ring (bicyclic) bond motifs is 1. The minimum absolute atomic E-state index is 0.0440. The number of sulfonamides is 1. The van der Waals surface area contributed by atoms with Crippen LogP contribution in [0.15, 0.2) is 51.9 Å². The average molecular weight is 470 g/mol. The second-order valence-corrected chi connectivity index (χ2v) is 9.90. The molecule has 2 aromatic carbocycles. The first-order valence-corrected chi connectivity index (χ1v) is 11.8. The monoisotopic (exact) mass is 469 g/mol. The molecule has 0 radical (unpaired) electrons. The van der Waals surface area contributed by atoms with Gasteiger partial charge in [0.2, 0.25) is 0 Å². The van der Waals surface area contributed by atoms with Gasteiger partial charge in [-0.15, -0.1) is 0 Å². The highest BCUT2D eigenvalue weighted by Crippen LogP contribution is 2.41. The summed E-state index contributed by atoms with van der Waals surface area (Å²) in [5, 5.41) is 0.198. The Balaban J connectivity index is 1.44. The molecule has 10 heteroatoms. The van der Waals surface area contributed by atoms with Gasteiger partial charge in [0.05, 0.1) is 16.4 Å². The number of hydrogen-bond donors (Lipinski definition) is 3. The van der Waals surface area contributed by atoms with Crippen molar-refractivity contribution in [3.8, 4) is 11.1 Å². The standard InChI is InChI=1S/C22H20ClN5O3S/c1-11-8-17(24)20(25)27-22(11)32(29,30)28-14-5-6-15(16(23)10-14)13-4-7-19-18(9-13)26-21(31-19)12-2-3-12/h4-10,12,28H,2-3,24H2,1H3,(H2,25,27). The Morgan fingerprint density at radius 2 is 1.88 bits per heavy atom. The summed E-state index contributed by atoms with van der Waals surface area (Å²) in [4.78, 5) is 8.51. The second kappa shape index (κ2) is 7.39. The van der Waals surface area contributed by atoms with Crippen molar-refractivity contribution < 1.29 is 12.8 Å². The molecule has 5 rings (SSSR count). The lowest BCUT2D eigenvalue weighted by atomic mass is 10.0. The number of pyridine rings is 1. The van der Waals surface area contributed by atoms with Crippen molar-refractivity contribution in [2.45, 2.75) is 30.7 Å². The smallest absolute Gasteiger partial charge is 0.279 e. The Morgan fingerprint density at radius 1 is 1.09 bits per heavy atom. The van der Waals surface area contributed by atoms with Gasteiger partial charge >= 0.3 is 0 Å². The molecule has 8 nitrogen and oxygen atoms in total. The molecule has 1 aliphatic rings. The van der Waals surface area contributed by atoms with Crippen LogP contribution >= 0.6 is 11.6 Å². The van der Waals surface area contributed by atoms with Gasteiger partial charge in [-0.3, -0.25) is 4.72 Å². The summed E-state index contributed by atoms with van der Waals surface area (Å²) in [6.07, 6.45) is 2.22. The molecule has 5 N–H and O–H groups in total. The van der Waals surface area contributed by atoms with Gasteiger partial charge in [-0.25, -0.2) is 9.97 Å². The van der Waals surface area contributed by atoms with E-state index in [-0.39, 0.29) is 16.5 Å². The first-order valence-electron chi connectivity index (χ1n) is 9.97. The van der Waals surface area contributed by atoms with E-state index in [0.29, 0.717) is 22.2 Å². The molecule has 0 spiro atoms. The van der Waals surface area contributed by atoms with Crippen molar-refractivity contribution in [2.24, 2.45) is 0 Å². The lowest BCUT2D eigenvalue weighted by molar-refractivity contribution is 0.533. The SMILES string of the molecule is Cc1cc(N)c(N)nc1S(=O)(=O)Nc1ccc(-c2ccc3oc(C4CC4)nc3c2)c(Cl)c1. The minimum atomic E-state index is -3.98. The summed E-state index contributed by atoms with van der Waals surface area (Å²) in [6, 6.07) is 12.1. The molecule has 0 atom stereocenters. The highest BCUT2D eigenvalue weighted by atomic mass is 35.5. The van der Waals surface area contributed by atoms with E-state index < -0.39 is 10.0 Å². The quantitative estimate of drug-likeness (QED) is 0.385. The second-order valence-electron chi connectivity index (χ2n) is 7.89. The van der Waals surface area contributed by atoms with Gasteiger partial charge in [0.15, 0.2) is 16.5 Å². The summed E-state index contributed by atoms with van der Waals surface area (Å²) in [6.45, 7) is 1.60. The van der Waals surface area contributed by atoms with Gasteiger partial charge < -0.3 is 15.9 Å². The minimum Gasteiger partial charge on any atom is -0.440 e. The van der Waals surface area contributed by atoms with Crippen molar-refractivity contribution in [1.29, 1.82) is 0 Å². The number of hydrogen-bond acceptors (Lipinski definition) is 7. The number of aromatic nitrogens is 2. The van der Waals surface area contributed by atoms with Gasteiger partial charge in [0.1, 0.15) is 11.3 Å². The summed E-state index contributed by atoms with van der Waals surface area (Å²) in [5.74, 6) is 1.16. The molecule has 164 valence electrons. The van der Waals surface area contributed by atoms with Crippen LogP contribution in [0, 0.1) is 6.92 Å². The van der Waals surface area contributed by atoms with Crippen LogP contribution in [0.3, 0.4) is 0 Å². The third kappa shape index (κ3) is 3.74. The van der Waals surface area contributed by atoms with Gasteiger partial charge in [-0.05, 0) is 61.2 Å². The zero-order chi connectivity index (χ0) is 22.6. The molecule has 1 fully saturated rings. The van der Waals surface area contributed by atoms with Gasteiger partial charge in [0.25, 0.3) is 10.0 Å². The van der Waals surface area contributed by atoms with E-state index in [1.807, 2.05) is 18.2 Å². The van der Waals surface area contributed by atoms with Crippen molar-refractivity contribution in [3.63, 3.8) is 0 Å². The maximum atomic E-state index is 12.8. The molecular formula is C22H20ClN5O3S. The molecule has 0 unspecified atom stereocenters. The molecule has 2 heterocycles. The molecule has 0 amide bonds. The predicted molar refractivity (Wildman–Crippen MR) is 125 cm³/mol. The zero-order valence-corrected chi connectivity index (χ0v) is 18.7. The zero-order valence-electron chi connectivity index (χ0n) is 17.1. The van der Waals surface area contributed by atoms with Crippen LogP contribution in [-0.2, 0) is 10.0 Å². The van der Waals surface area contributed by atoms with Gasteiger partial charge in [0, 0.05) is 11.5 Å². The Morgan fingerprint density at radius 3 is 2.59 bits per heavy atom. The fourth-order valence-electron chi connectivity index (χ4n) is 3.54. The lowest BCUT2D eigenvalue weighted by Crippen LogP contribution is -2.17. The molecule has 32 heavy (non-hydrogen) atoms. The highest BCUT2D eigenvalue weighted by Gasteiger charge is 2.29. The van der Waals surface area contributed by atoms with E-state index in [1.165, 1.54) is 6.07 Å². The number of anilines is 3. The first-order chi connectivity index (χ1) is 15.2. The van der Waals surface area contributed by atoms with Crippen molar-refractivity contribution >= 4 is 49.9 Å². The van der Waals surface area contributed by atoms with Crippen LogP contribution in [0.5, 0.6) is 0 Å². The molecule has 1 aliphatic carbocycles. The molecule has 2 aromatic heterocycles. The van der Waals surface area contributed by atoms with E-state index in [9.17, 15) is 8.42 Å². The van der Waals surface area contributed by atoms with Crippen LogP contribution in [-0.4, -0.2) is 18.4 Å². The maximum Gasteiger partial charge on any atom is 0.279 e. The number of aryl methyl sites for hydroxylation is 1. The summed E-state index contributed by atoms with van der Waals surface area (Å²) >= 11 is 6.50. The molecule has 0 bridgehead atoms. The summed E-state index contributed by atoms with van der Waals surface area (Å²) in [7, 11) is -3.98. The van der Waals surface area contributed by atoms with Crippen LogP contribution < -0.4 is 16.2 Å². The summed E-state index contributed by atoms with van der Waals surface area (Å²) < 4.78 is 34.0. The maximum absolute atomic E-state index is 12.8. The van der Waals surface area contributed by atoms with Crippen LogP contribution in [0.2, 0.25) is 5.02 Å². The van der Waals surface area contributed by atoms with Crippen LogP contribution in [0.25, 0.3) is 22.2 Å². The third-order valence-corrected chi connectivity index (χ3v) is 7.08. The molecule has 0 aliphatic heterocycles. The molecule has 1 saturated carbocycles. The Hall–Kier alpha value is -3.30. The largest absolute Gasteiger partial charge is 0.440 e. The van der Waals surface area contributed by atoms with E-state index in [2.05, 4.69) is 14.7 Å². The van der Waals surface area contributed by atoms with E-state index in [0.717, 1.165) is 41.0 Å². The van der Waals surface area contributed by atoms with Gasteiger partial charge in [-0.2, -0.15) is 8.42 Å². The molecule has 0 saturated heterocycles. The van der Waals surface area contributed by atoms with Crippen molar-refractivity contribution in [2.75, 3.05) is 16.2 Å². The Kier molecular flexibility index (Phi) is 4.75. The first kappa shape index (κ1) is 20.6. The van der Waals surface area contributed by atoms with E-state index in [4.69, 9.17) is 27.5 Å².